The largest absolute Gasteiger partial charge is 0.493 e. The monoisotopic (exact) mass is 507 g/mol. The number of benzene rings is 3. The Kier molecular flexibility index (Phi) is 8.44. The van der Waals surface area contributed by atoms with Crippen molar-refractivity contribution in [3.05, 3.63) is 60.7 Å². The summed E-state index contributed by atoms with van der Waals surface area (Å²) in [5.41, 5.74) is 2.30. The fourth-order valence-electron chi connectivity index (χ4n) is 3.83. The number of aliphatic hydroxyl groups excluding tert-OH is 2. The highest BCUT2D eigenvalue weighted by atomic mass is 16.5. The van der Waals surface area contributed by atoms with Gasteiger partial charge in [0, 0.05) is 23.3 Å². The average molecular weight is 508 g/mol. The fourth-order valence-corrected chi connectivity index (χ4v) is 3.83. The van der Waals surface area contributed by atoms with Crippen LogP contribution >= 0.6 is 0 Å². The normalized spacial score (nSPS) is 10.7. The van der Waals surface area contributed by atoms with E-state index in [0.717, 1.165) is 11.1 Å². The van der Waals surface area contributed by atoms with E-state index in [1.54, 1.807) is 21.3 Å². The molecule has 0 amide bonds. The van der Waals surface area contributed by atoms with E-state index in [9.17, 15) is 0 Å². The van der Waals surface area contributed by atoms with Crippen molar-refractivity contribution < 1.29 is 33.9 Å². The minimum atomic E-state index is -0.0651. The lowest BCUT2D eigenvalue weighted by molar-refractivity contribution is 0.201. The maximum absolute atomic E-state index is 9.02. The second kappa shape index (κ2) is 12.1. The van der Waals surface area contributed by atoms with E-state index < -0.39 is 0 Å². The number of rotatable bonds is 12. The molecule has 1 heterocycles. The molecule has 10 heteroatoms. The summed E-state index contributed by atoms with van der Waals surface area (Å²) >= 11 is 0. The lowest BCUT2D eigenvalue weighted by Crippen LogP contribution is -2.04. The van der Waals surface area contributed by atoms with Gasteiger partial charge >= 0.3 is 0 Å². The quantitative estimate of drug-likeness (QED) is 0.298. The minimum absolute atomic E-state index is 0.0651. The van der Waals surface area contributed by atoms with Crippen LogP contribution in [0.15, 0.2) is 60.7 Å². The SMILES string of the molecule is COc1cc(-n2c(-c3ccc(OCCO)cc3)nnc2-c2ccc(OCCO)cc2)cc(OC)c1OC. The molecule has 0 unspecified atom stereocenters. The van der Waals surface area contributed by atoms with Crippen molar-refractivity contribution in [2.45, 2.75) is 0 Å². The van der Waals surface area contributed by atoms with Gasteiger partial charge < -0.3 is 33.9 Å². The molecular weight excluding hydrogens is 478 g/mol. The average Bonchev–Trinajstić information content (AvgIpc) is 3.39. The van der Waals surface area contributed by atoms with E-state index >= 15 is 0 Å². The van der Waals surface area contributed by atoms with Gasteiger partial charge in [-0.15, -0.1) is 10.2 Å². The van der Waals surface area contributed by atoms with Crippen molar-refractivity contribution in [3.63, 3.8) is 0 Å². The third kappa shape index (κ3) is 5.60. The molecule has 0 spiro atoms. The van der Waals surface area contributed by atoms with Gasteiger partial charge in [-0.3, -0.25) is 4.57 Å². The molecule has 0 fully saturated rings. The Hall–Kier alpha value is -4.28. The number of hydrogen-bond donors (Lipinski definition) is 2. The van der Waals surface area contributed by atoms with Gasteiger partial charge in [-0.05, 0) is 48.5 Å². The van der Waals surface area contributed by atoms with Crippen molar-refractivity contribution in [3.8, 4) is 57.2 Å². The van der Waals surface area contributed by atoms with E-state index in [1.165, 1.54) is 0 Å². The summed E-state index contributed by atoms with van der Waals surface area (Å²) in [6.45, 7) is 0.293. The van der Waals surface area contributed by atoms with Crippen LogP contribution < -0.4 is 23.7 Å². The van der Waals surface area contributed by atoms with Crippen molar-refractivity contribution in [1.29, 1.82) is 0 Å². The second-order valence-electron chi connectivity index (χ2n) is 7.76. The zero-order valence-electron chi connectivity index (χ0n) is 20.9. The lowest BCUT2D eigenvalue weighted by Gasteiger charge is -2.17. The highest BCUT2D eigenvalue weighted by Crippen LogP contribution is 2.41. The maximum Gasteiger partial charge on any atom is 0.203 e. The molecule has 3 aromatic carbocycles. The molecule has 1 aromatic heterocycles. The topological polar surface area (TPSA) is 117 Å². The lowest BCUT2D eigenvalue weighted by atomic mass is 10.1. The number of nitrogens with zero attached hydrogens (tertiary/aromatic N) is 3. The van der Waals surface area contributed by atoms with Gasteiger partial charge in [0.15, 0.2) is 23.1 Å². The van der Waals surface area contributed by atoms with Crippen molar-refractivity contribution in [2.75, 3.05) is 47.8 Å². The van der Waals surface area contributed by atoms with Crippen LogP contribution in [0.1, 0.15) is 0 Å². The molecule has 4 aromatic rings. The number of hydrogen-bond acceptors (Lipinski definition) is 9. The van der Waals surface area contributed by atoms with E-state index in [1.807, 2.05) is 65.2 Å². The summed E-state index contributed by atoms with van der Waals surface area (Å²) in [5.74, 6) is 3.88. The molecule has 0 aliphatic rings. The van der Waals surface area contributed by atoms with Gasteiger partial charge in [0.25, 0.3) is 0 Å². The number of ether oxygens (including phenoxy) is 5. The molecule has 0 aliphatic heterocycles. The first-order valence-electron chi connectivity index (χ1n) is 11.6. The van der Waals surface area contributed by atoms with E-state index in [-0.39, 0.29) is 26.4 Å². The Labute approximate surface area is 214 Å². The zero-order valence-corrected chi connectivity index (χ0v) is 20.9. The molecule has 0 bridgehead atoms. The molecule has 37 heavy (non-hydrogen) atoms. The zero-order chi connectivity index (χ0) is 26.2. The molecule has 4 rings (SSSR count). The van der Waals surface area contributed by atoms with Crippen molar-refractivity contribution in [2.24, 2.45) is 0 Å². The summed E-state index contributed by atoms with van der Waals surface area (Å²) in [4.78, 5) is 0. The van der Waals surface area contributed by atoms with Crippen LogP contribution in [0.3, 0.4) is 0 Å². The van der Waals surface area contributed by atoms with E-state index in [0.29, 0.717) is 46.1 Å². The molecule has 0 saturated heterocycles. The molecule has 0 radical (unpaired) electrons. The minimum Gasteiger partial charge on any atom is -0.493 e. The van der Waals surface area contributed by atoms with Crippen LogP contribution in [0.5, 0.6) is 28.7 Å². The number of aromatic nitrogens is 3. The van der Waals surface area contributed by atoms with E-state index in [2.05, 4.69) is 10.2 Å². The van der Waals surface area contributed by atoms with Gasteiger partial charge in [0.05, 0.1) is 40.2 Å². The Morgan fingerprint density at radius 1 is 0.649 bits per heavy atom. The first kappa shape index (κ1) is 25.8. The van der Waals surface area contributed by atoms with Gasteiger partial charge in [-0.2, -0.15) is 0 Å². The first-order valence-corrected chi connectivity index (χ1v) is 11.6. The Bertz CT molecular complexity index is 1210. The number of methoxy groups -OCH3 is 3. The first-order chi connectivity index (χ1) is 18.1. The summed E-state index contributed by atoms with van der Waals surface area (Å²) in [6.07, 6.45) is 0. The summed E-state index contributed by atoms with van der Waals surface area (Å²) in [5, 5.41) is 27.1. The smallest absolute Gasteiger partial charge is 0.203 e. The predicted molar refractivity (Wildman–Crippen MR) is 137 cm³/mol. The van der Waals surface area contributed by atoms with Gasteiger partial charge in [0.2, 0.25) is 5.75 Å². The third-order valence-corrected chi connectivity index (χ3v) is 5.52. The third-order valence-electron chi connectivity index (χ3n) is 5.52. The molecule has 0 saturated carbocycles. The van der Waals surface area contributed by atoms with Crippen molar-refractivity contribution in [1.82, 2.24) is 14.8 Å². The summed E-state index contributed by atoms with van der Waals surface area (Å²) < 4.78 is 29.5. The fraction of sp³-hybridized carbons (Fsp3) is 0.259. The van der Waals surface area contributed by atoms with Crippen LogP contribution in [0.2, 0.25) is 0 Å². The standard InChI is InChI=1S/C27H29N3O7/c1-33-23-16-20(17-24(34-2)25(23)35-3)30-26(18-4-8-21(9-5-18)36-14-12-31)28-29-27(30)19-6-10-22(11-7-19)37-15-13-32/h4-11,16-17,31-32H,12-15H2,1-3H3. The van der Waals surface area contributed by atoms with Gasteiger partial charge in [-0.25, -0.2) is 0 Å². The molecule has 0 aliphatic carbocycles. The van der Waals surface area contributed by atoms with Gasteiger partial charge in [-0.1, -0.05) is 0 Å². The van der Waals surface area contributed by atoms with Crippen molar-refractivity contribution >= 4 is 0 Å². The van der Waals surface area contributed by atoms with Gasteiger partial charge in [0.1, 0.15) is 24.7 Å². The second-order valence-corrected chi connectivity index (χ2v) is 7.76. The maximum atomic E-state index is 9.02. The highest BCUT2D eigenvalue weighted by Gasteiger charge is 2.21. The van der Waals surface area contributed by atoms with Crippen LogP contribution in [0.25, 0.3) is 28.5 Å². The van der Waals surface area contributed by atoms with Crippen LogP contribution in [0, 0.1) is 0 Å². The summed E-state index contributed by atoms with van der Waals surface area (Å²) in [6, 6.07) is 18.4. The highest BCUT2D eigenvalue weighted by molar-refractivity contribution is 5.69. The number of aliphatic hydroxyl groups is 2. The summed E-state index contributed by atoms with van der Waals surface area (Å²) in [7, 11) is 4.67. The van der Waals surface area contributed by atoms with Crippen LogP contribution in [-0.4, -0.2) is 72.7 Å². The molecule has 10 nitrogen and oxygen atoms in total. The predicted octanol–water partition coefficient (Wildman–Crippen LogP) is 3.37. The van der Waals surface area contributed by atoms with E-state index in [4.69, 9.17) is 33.9 Å². The molecule has 194 valence electrons. The molecule has 0 atom stereocenters. The molecular formula is C27H29N3O7. The Morgan fingerprint density at radius 2 is 1.08 bits per heavy atom. The molecule has 2 N–H and O–H groups in total. The van der Waals surface area contributed by atoms with Crippen LogP contribution in [0.4, 0.5) is 0 Å². The Balaban J connectivity index is 1.86. The Morgan fingerprint density at radius 3 is 1.43 bits per heavy atom. The van der Waals surface area contributed by atoms with Crippen LogP contribution in [-0.2, 0) is 0 Å².